The van der Waals surface area contributed by atoms with Crippen molar-refractivity contribution < 1.29 is 11.6 Å². The largest absolute Gasteiger partial charge is 0.472 e. The van der Waals surface area contributed by atoms with E-state index in [4.69, 9.17) is 8.85 Å². The van der Waals surface area contributed by atoms with Crippen LogP contribution in [0.25, 0.3) is 0 Å². The van der Waals surface area contributed by atoms with Crippen molar-refractivity contribution in [1.82, 2.24) is 5.32 Å². The Kier molecular flexibility index (Phi) is 3.88. The van der Waals surface area contributed by atoms with E-state index >= 15 is 0 Å². The topological polar surface area (TPSA) is 33.6 Å². The van der Waals surface area contributed by atoms with Gasteiger partial charge in [0.05, 0.1) is 0 Å². The molecule has 0 spiro atoms. The number of ether oxygens (including phenoxy) is 1. The average molecular weight is 420 g/mol. The van der Waals surface area contributed by atoms with Crippen LogP contribution in [0.4, 0.5) is 0 Å². The lowest BCUT2D eigenvalue weighted by atomic mass is 9.69. The van der Waals surface area contributed by atoms with Crippen LogP contribution < -0.4 is 5.32 Å². The maximum Gasteiger partial charge on any atom is 0.192 e. The Morgan fingerprint density at radius 3 is 3.00 bits per heavy atom. The molecule has 1 N–H and O–H groups in total. The fraction of sp³-hybridized carbons (Fsp3) is 0.800. The van der Waals surface area contributed by atoms with Gasteiger partial charge >= 0.3 is 0 Å². The number of rotatable bonds is 2. The van der Waals surface area contributed by atoms with Crippen LogP contribution in [0.15, 0.2) is 27.3 Å². The number of fused-ring (bicyclic) bond motifs is 4. The summed E-state index contributed by atoms with van der Waals surface area (Å²) in [7, 11) is 0. The van der Waals surface area contributed by atoms with E-state index in [2.05, 4.69) is 23.3 Å². The zero-order chi connectivity index (χ0) is 24.6. The van der Waals surface area contributed by atoms with Crippen molar-refractivity contribution in [2.75, 3.05) is 6.54 Å². The van der Waals surface area contributed by atoms with Gasteiger partial charge in [0.1, 0.15) is 5.76 Å². The highest BCUT2D eigenvalue weighted by atomic mass is 32.2. The predicted molar refractivity (Wildman–Crippen MR) is 123 cm³/mol. The summed E-state index contributed by atoms with van der Waals surface area (Å²) in [4.78, 5) is 5.91. The molecule has 0 saturated carbocycles. The number of thioether (sulfide) groups is 1. The molecule has 0 bridgehead atoms. The first-order chi connectivity index (χ1) is 15.8. The molecule has 5 rings (SSSR count). The lowest BCUT2D eigenvalue weighted by Crippen LogP contribution is -2.45. The highest BCUT2D eigenvalue weighted by Gasteiger charge is 2.50. The van der Waals surface area contributed by atoms with Crippen molar-refractivity contribution >= 4 is 17.5 Å². The van der Waals surface area contributed by atoms with Gasteiger partial charge in [0.25, 0.3) is 0 Å². The molecule has 0 radical (unpaired) electrons. The van der Waals surface area contributed by atoms with E-state index < -0.39 is 18.6 Å². The molecule has 3 nitrogen and oxygen atoms in total. The van der Waals surface area contributed by atoms with Gasteiger partial charge in [-0.25, -0.2) is 0 Å². The molecule has 2 saturated heterocycles. The van der Waals surface area contributed by atoms with E-state index in [1.165, 1.54) is 10.5 Å². The van der Waals surface area contributed by atoms with Crippen molar-refractivity contribution in [3.05, 3.63) is 22.3 Å². The minimum Gasteiger partial charge on any atom is -0.472 e. The summed E-state index contributed by atoms with van der Waals surface area (Å²) >= 11 is 1.85. The van der Waals surface area contributed by atoms with E-state index in [1.807, 2.05) is 32.5 Å². The van der Waals surface area contributed by atoms with Crippen molar-refractivity contribution in [1.29, 1.82) is 0 Å². The third kappa shape index (κ3) is 3.63. The molecule has 3 unspecified atom stereocenters. The summed E-state index contributed by atoms with van der Waals surface area (Å²) in [6, 6.07) is 0.0592. The van der Waals surface area contributed by atoms with Gasteiger partial charge in [-0.2, -0.15) is 0 Å². The molecule has 0 amide bonds. The fourth-order valence-corrected chi connectivity index (χ4v) is 7.57. The molecule has 160 valence electrons. The molecule has 4 aliphatic heterocycles. The second-order valence-electron chi connectivity index (χ2n) is 10.4. The third-order valence-corrected chi connectivity index (χ3v) is 8.64. The van der Waals surface area contributed by atoms with Crippen molar-refractivity contribution in [3.8, 4) is 0 Å². The fourth-order valence-electron chi connectivity index (χ4n) is 6.14. The van der Waals surface area contributed by atoms with E-state index in [0.717, 1.165) is 38.0 Å². The Morgan fingerprint density at radius 2 is 2.21 bits per heavy atom. The van der Waals surface area contributed by atoms with E-state index in [-0.39, 0.29) is 35.3 Å². The molecule has 0 aromatic rings. The molecular weight excluding hydrogens is 376 g/mol. The summed E-state index contributed by atoms with van der Waals surface area (Å²) in [6.45, 7) is 6.87. The Labute approximate surface area is 188 Å². The SMILES string of the molecule is [2H]C([2H])([2H])C1=NC2OC3=C([C@@H]4NCC=C5S[C@H](C)C(C([2H])([2H])C(C)(C)C)[C@@H]54)CCC[C@H]3C2CC1. The number of nitrogens with zero attached hydrogens (tertiary/aromatic N) is 1. The van der Waals surface area contributed by atoms with Gasteiger partial charge in [0.2, 0.25) is 0 Å². The lowest BCUT2D eigenvalue weighted by Gasteiger charge is -2.39. The summed E-state index contributed by atoms with van der Waals surface area (Å²) in [5.74, 6) is 1.59. The molecule has 1 aliphatic carbocycles. The Morgan fingerprint density at radius 1 is 1.34 bits per heavy atom. The smallest absolute Gasteiger partial charge is 0.192 e. The molecule has 4 heterocycles. The normalized spacial score (nSPS) is 45.4. The standard InChI is InChI=1S/C25H38N2OS/c1-14-9-10-17-16-7-6-8-18(23(16)28-24(17)27-14)22-21-19(13-25(3,4)5)15(2)29-20(21)11-12-26-22/h11,15-17,19,21-22,24,26H,6-10,12-13H2,1-5H3/t15-,16+,17?,19?,21+,22+,24?/m1/s1/i1D3,13D2. The van der Waals surface area contributed by atoms with Crippen molar-refractivity contribution in [2.45, 2.75) is 90.5 Å². The summed E-state index contributed by atoms with van der Waals surface area (Å²) in [5.41, 5.74) is 1.13. The second kappa shape index (κ2) is 7.44. The Hall–Kier alpha value is -0.740. The molecule has 0 aromatic carbocycles. The van der Waals surface area contributed by atoms with Crippen LogP contribution >= 0.6 is 11.8 Å². The van der Waals surface area contributed by atoms with Crippen LogP contribution in [-0.2, 0) is 4.74 Å². The highest BCUT2D eigenvalue weighted by Crippen LogP contribution is 2.56. The summed E-state index contributed by atoms with van der Waals surface area (Å²) < 4.78 is 48.2. The number of aliphatic imine (C=N–C) groups is 1. The second-order valence-corrected chi connectivity index (χ2v) is 11.9. The van der Waals surface area contributed by atoms with Gasteiger partial charge in [-0.15, -0.1) is 11.8 Å². The molecular formula is C25H38N2OS. The minimum atomic E-state index is -2.15. The first-order valence-corrected chi connectivity index (χ1v) is 12.3. The Balaban J connectivity index is 1.52. The quantitative estimate of drug-likeness (QED) is 0.602. The van der Waals surface area contributed by atoms with Gasteiger partial charge in [-0.05, 0) is 67.1 Å². The highest BCUT2D eigenvalue weighted by molar-refractivity contribution is 8.04. The van der Waals surface area contributed by atoms with Gasteiger partial charge in [0.15, 0.2) is 6.23 Å². The summed E-state index contributed by atoms with van der Waals surface area (Å²) in [5, 5.41) is 3.95. The summed E-state index contributed by atoms with van der Waals surface area (Å²) in [6.07, 6.45) is 5.01. The van der Waals surface area contributed by atoms with E-state index in [0.29, 0.717) is 18.1 Å². The van der Waals surface area contributed by atoms with Crippen molar-refractivity contribution in [2.24, 2.45) is 34.1 Å². The van der Waals surface area contributed by atoms with Crippen LogP contribution in [0.1, 0.15) is 79.9 Å². The molecule has 2 fully saturated rings. The van der Waals surface area contributed by atoms with Crippen molar-refractivity contribution in [3.63, 3.8) is 0 Å². The number of hydrogen-bond acceptors (Lipinski definition) is 4. The lowest BCUT2D eigenvalue weighted by molar-refractivity contribution is 0.126. The molecule has 0 aromatic heterocycles. The van der Waals surface area contributed by atoms with Gasteiger partial charge < -0.3 is 10.1 Å². The first-order valence-electron chi connectivity index (χ1n) is 13.9. The zero-order valence-corrected chi connectivity index (χ0v) is 18.9. The number of hydrogen-bond donors (Lipinski definition) is 1. The predicted octanol–water partition coefficient (Wildman–Crippen LogP) is 5.93. The van der Waals surface area contributed by atoms with Crippen LogP contribution in [0, 0.1) is 29.1 Å². The van der Waals surface area contributed by atoms with Gasteiger partial charge in [0, 0.05) is 48.2 Å². The molecule has 5 aliphatic rings. The molecule has 7 atom stereocenters. The maximum absolute atomic E-state index is 9.17. The molecule has 29 heavy (non-hydrogen) atoms. The van der Waals surface area contributed by atoms with Gasteiger partial charge in [-0.1, -0.05) is 33.8 Å². The monoisotopic (exact) mass is 419 g/mol. The average Bonchev–Trinajstić information content (AvgIpc) is 3.28. The zero-order valence-electron chi connectivity index (χ0n) is 23.1. The maximum atomic E-state index is 9.17. The first kappa shape index (κ1) is 15.1. The number of allylic oxidation sites excluding steroid dienone is 1. The number of nitrogens with one attached hydrogen (secondary N) is 1. The van der Waals surface area contributed by atoms with Gasteiger partial charge in [-0.3, -0.25) is 4.99 Å². The van der Waals surface area contributed by atoms with Crippen LogP contribution in [0.3, 0.4) is 0 Å². The minimum absolute atomic E-state index is 0.0592. The third-order valence-electron chi connectivity index (χ3n) is 7.26. The van der Waals surface area contributed by atoms with Crippen LogP contribution in [0.2, 0.25) is 0 Å². The van der Waals surface area contributed by atoms with Crippen LogP contribution in [-0.4, -0.2) is 29.8 Å². The molecule has 4 heteroatoms. The Bertz CT molecular complexity index is 935. The van der Waals surface area contributed by atoms with E-state index in [9.17, 15) is 2.74 Å². The van der Waals surface area contributed by atoms with Crippen LogP contribution in [0.5, 0.6) is 0 Å². The van der Waals surface area contributed by atoms with E-state index in [1.54, 1.807) is 0 Å².